The maximum absolute atomic E-state index is 13.8. The molecule has 5 rings (SSSR count). The van der Waals surface area contributed by atoms with Gasteiger partial charge >= 0.3 is 0 Å². The lowest BCUT2D eigenvalue weighted by molar-refractivity contribution is 0.168. The molecular weight excluding hydrogens is 500 g/mol. The van der Waals surface area contributed by atoms with E-state index in [1.54, 1.807) is 6.26 Å². The number of furan rings is 1. The van der Waals surface area contributed by atoms with Gasteiger partial charge < -0.3 is 9.40 Å². The topological polar surface area (TPSA) is 92.8 Å². The molecule has 5 aromatic rings. The van der Waals surface area contributed by atoms with Crippen LogP contribution in [0.1, 0.15) is 61.5 Å². The second-order valence-electron chi connectivity index (χ2n) is 10.2. The van der Waals surface area contributed by atoms with Gasteiger partial charge in [0.05, 0.1) is 23.9 Å². The summed E-state index contributed by atoms with van der Waals surface area (Å²) in [6.07, 6.45) is 2.46. The second kappa shape index (κ2) is 10.6. The van der Waals surface area contributed by atoms with Crippen molar-refractivity contribution in [3.8, 4) is 0 Å². The minimum absolute atomic E-state index is 0.179. The molecule has 0 aliphatic carbocycles. The Bertz CT molecular complexity index is 1590. The molecule has 0 aliphatic rings. The largest absolute Gasteiger partial charge is 0.468 e. The molecule has 0 fully saturated rings. The number of aromatic nitrogens is 5. The monoisotopic (exact) mass is 530 g/mol. The number of pyridine rings is 1. The van der Waals surface area contributed by atoms with Gasteiger partial charge in [-0.3, -0.25) is 9.69 Å². The molecule has 38 heavy (non-hydrogen) atoms. The van der Waals surface area contributed by atoms with Gasteiger partial charge in [0.25, 0.3) is 5.56 Å². The molecule has 0 spiro atoms. The van der Waals surface area contributed by atoms with Gasteiger partial charge in [-0.05, 0) is 84.5 Å². The zero-order valence-corrected chi connectivity index (χ0v) is 22.7. The molecule has 0 radical (unpaired) electrons. The number of hydrogen-bond acceptors (Lipinski definition) is 6. The molecule has 8 nitrogen and oxygen atoms in total. The number of tetrazole rings is 1. The summed E-state index contributed by atoms with van der Waals surface area (Å²) in [4.78, 5) is 19.0. The van der Waals surface area contributed by atoms with E-state index in [1.165, 1.54) is 0 Å². The molecule has 1 N–H and O–H groups in total. The lowest BCUT2D eigenvalue weighted by Crippen LogP contribution is -2.38. The zero-order valence-electron chi connectivity index (χ0n) is 22.0. The van der Waals surface area contributed by atoms with Crippen molar-refractivity contribution in [2.75, 3.05) is 0 Å². The van der Waals surface area contributed by atoms with Crippen molar-refractivity contribution in [2.24, 2.45) is 0 Å². The lowest BCUT2D eigenvalue weighted by atomic mass is 9.98. The molecule has 0 saturated carbocycles. The molecule has 0 aliphatic heterocycles. The highest BCUT2D eigenvalue weighted by atomic mass is 35.5. The van der Waals surface area contributed by atoms with Crippen molar-refractivity contribution in [3.63, 3.8) is 0 Å². The molecular formula is C29H31ClN6O2. The third kappa shape index (κ3) is 5.14. The van der Waals surface area contributed by atoms with Crippen molar-refractivity contribution < 1.29 is 4.42 Å². The smallest absolute Gasteiger partial charge is 0.253 e. The van der Waals surface area contributed by atoms with E-state index in [1.807, 2.05) is 72.3 Å². The average Bonchev–Trinajstić information content (AvgIpc) is 3.59. The molecule has 2 aromatic carbocycles. The van der Waals surface area contributed by atoms with Crippen molar-refractivity contribution in [3.05, 3.63) is 111 Å². The predicted octanol–water partition coefficient (Wildman–Crippen LogP) is 6.01. The summed E-state index contributed by atoms with van der Waals surface area (Å²) in [5.74, 6) is 1.36. The highest BCUT2D eigenvalue weighted by molar-refractivity contribution is 6.30. The Balaban J connectivity index is 1.73. The Hall–Kier alpha value is -3.75. The lowest BCUT2D eigenvalue weighted by Gasteiger charge is -2.33. The van der Waals surface area contributed by atoms with E-state index >= 15 is 0 Å². The van der Waals surface area contributed by atoms with Crippen molar-refractivity contribution in [1.82, 2.24) is 30.1 Å². The molecule has 1 atom stereocenters. The number of aromatic amines is 1. The van der Waals surface area contributed by atoms with Crippen LogP contribution in [-0.4, -0.2) is 30.1 Å². The van der Waals surface area contributed by atoms with Crippen LogP contribution in [0.5, 0.6) is 0 Å². The van der Waals surface area contributed by atoms with Crippen LogP contribution in [0, 0.1) is 6.92 Å². The van der Waals surface area contributed by atoms with Crippen LogP contribution in [0.15, 0.2) is 76.1 Å². The highest BCUT2D eigenvalue weighted by Crippen LogP contribution is 2.33. The minimum Gasteiger partial charge on any atom is -0.468 e. The van der Waals surface area contributed by atoms with Crippen molar-refractivity contribution >= 4 is 22.5 Å². The number of para-hydroxylation sites is 1. The van der Waals surface area contributed by atoms with Gasteiger partial charge in [0.2, 0.25) is 0 Å². The number of hydrogen-bond donors (Lipinski definition) is 1. The molecule has 3 heterocycles. The fourth-order valence-electron chi connectivity index (χ4n) is 4.71. The highest BCUT2D eigenvalue weighted by Gasteiger charge is 2.35. The SMILES string of the molecule is CCC(C)(C)n1nnnc1[C@@H](c1cc2cccc(C)c2[nH]c1=O)N(Cc1ccc(Cl)cc1)Cc1ccco1. The first-order valence-corrected chi connectivity index (χ1v) is 13.1. The number of H-pyrrole nitrogens is 1. The fourth-order valence-corrected chi connectivity index (χ4v) is 4.84. The first-order chi connectivity index (χ1) is 18.3. The molecule has 0 bridgehead atoms. The molecule has 3 aromatic heterocycles. The van der Waals surface area contributed by atoms with Gasteiger partial charge in [-0.25, -0.2) is 4.68 Å². The first kappa shape index (κ1) is 25.9. The van der Waals surface area contributed by atoms with Gasteiger partial charge in [0.15, 0.2) is 5.82 Å². The molecule has 9 heteroatoms. The quantitative estimate of drug-likeness (QED) is 0.251. The Morgan fingerprint density at radius 2 is 1.89 bits per heavy atom. The van der Waals surface area contributed by atoms with E-state index < -0.39 is 6.04 Å². The van der Waals surface area contributed by atoms with Crippen LogP contribution in [0.2, 0.25) is 5.02 Å². The molecule has 0 unspecified atom stereocenters. The summed E-state index contributed by atoms with van der Waals surface area (Å²) in [7, 11) is 0. The Labute approximate surface area is 226 Å². The van der Waals surface area contributed by atoms with E-state index in [-0.39, 0.29) is 11.1 Å². The maximum atomic E-state index is 13.8. The van der Waals surface area contributed by atoms with Crippen LogP contribution >= 0.6 is 11.6 Å². The van der Waals surface area contributed by atoms with Crippen LogP contribution in [-0.2, 0) is 18.6 Å². The summed E-state index contributed by atoms with van der Waals surface area (Å²) < 4.78 is 7.59. The summed E-state index contributed by atoms with van der Waals surface area (Å²) in [6.45, 7) is 9.21. The van der Waals surface area contributed by atoms with Gasteiger partial charge in [0, 0.05) is 17.1 Å². The van der Waals surface area contributed by atoms with E-state index in [4.69, 9.17) is 16.0 Å². The summed E-state index contributed by atoms with van der Waals surface area (Å²) in [6, 6.07) is 18.9. The van der Waals surface area contributed by atoms with E-state index in [9.17, 15) is 4.79 Å². The molecule has 196 valence electrons. The third-order valence-electron chi connectivity index (χ3n) is 7.19. The number of benzene rings is 2. The Kier molecular flexibility index (Phi) is 7.19. The minimum atomic E-state index is -0.565. The number of halogens is 1. The maximum Gasteiger partial charge on any atom is 0.253 e. The van der Waals surface area contributed by atoms with Crippen molar-refractivity contribution in [1.29, 1.82) is 0 Å². The first-order valence-electron chi connectivity index (χ1n) is 12.7. The number of fused-ring (bicyclic) bond motifs is 1. The van der Waals surface area contributed by atoms with Gasteiger partial charge in [-0.15, -0.1) is 5.10 Å². The Morgan fingerprint density at radius 1 is 1.11 bits per heavy atom. The summed E-state index contributed by atoms with van der Waals surface area (Å²) in [5, 5.41) is 14.6. The van der Waals surface area contributed by atoms with Crippen LogP contribution in [0.4, 0.5) is 0 Å². The fraction of sp³-hybridized carbons (Fsp3) is 0.310. The average molecular weight is 531 g/mol. The van der Waals surface area contributed by atoms with Gasteiger partial charge in [-0.2, -0.15) is 0 Å². The summed E-state index contributed by atoms with van der Waals surface area (Å²) >= 11 is 6.18. The number of nitrogens with one attached hydrogen (secondary N) is 1. The van der Waals surface area contributed by atoms with E-state index in [0.29, 0.717) is 29.5 Å². The molecule has 0 amide bonds. The van der Waals surface area contributed by atoms with Gasteiger partial charge in [-0.1, -0.05) is 48.9 Å². The van der Waals surface area contributed by atoms with Crippen LogP contribution < -0.4 is 5.56 Å². The van der Waals surface area contributed by atoms with Crippen LogP contribution in [0.25, 0.3) is 10.9 Å². The number of rotatable bonds is 9. The van der Waals surface area contributed by atoms with Crippen LogP contribution in [0.3, 0.4) is 0 Å². The predicted molar refractivity (Wildman–Crippen MR) is 148 cm³/mol. The van der Waals surface area contributed by atoms with Gasteiger partial charge in [0.1, 0.15) is 11.8 Å². The standard InChI is InChI=1S/C29H31ClN6O2/c1-5-29(3,4)36-27(32-33-34-36)26(24-16-21-9-6-8-19(2)25(21)31-28(24)37)35(18-23-10-7-15-38-23)17-20-11-13-22(30)14-12-20/h6-16,26H,5,17-18H2,1-4H3,(H,31,37)/t26-/m1/s1. The van der Waals surface area contributed by atoms with Crippen molar-refractivity contribution in [2.45, 2.75) is 58.8 Å². The number of aryl methyl sites for hydroxylation is 1. The van der Waals surface area contributed by atoms with E-state index in [2.05, 4.69) is 46.2 Å². The third-order valence-corrected chi connectivity index (χ3v) is 7.44. The normalized spacial score (nSPS) is 12.9. The number of nitrogens with zero attached hydrogens (tertiary/aromatic N) is 5. The zero-order chi connectivity index (χ0) is 26.9. The summed E-state index contributed by atoms with van der Waals surface area (Å²) in [5.41, 5.74) is 2.88. The molecule has 0 saturated heterocycles. The van der Waals surface area contributed by atoms with E-state index in [0.717, 1.165) is 34.2 Å². The second-order valence-corrected chi connectivity index (χ2v) is 10.7. The Morgan fingerprint density at radius 3 is 2.61 bits per heavy atom.